The highest BCUT2D eigenvalue weighted by atomic mass is 16.5. The molecule has 1 fully saturated rings. The number of para-hydroxylation sites is 1. The van der Waals surface area contributed by atoms with Crippen LogP contribution in [0.3, 0.4) is 0 Å². The number of carbonyl (C=O) groups excluding carboxylic acids is 2. The van der Waals surface area contributed by atoms with Gasteiger partial charge in [0.25, 0.3) is 11.8 Å². The van der Waals surface area contributed by atoms with Gasteiger partial charge in [0.1, 0.15) is 11.6 Å². The number of rotatable bonds is 8. The molecule has 0 saturated heterocycles. The Morgan fingerprint density at radius 2 is 1.87 bits per heavy atom. The summed E-state index contributed by atoms with van der Waals surface area (Å²) >= 11 is 0. The molecule has 2 N–H and O–H groups in total. The topological polar surface area (TPSA) is 100 Å². The van der Waals surface area contributed by atoms with E-state index in [0.717, 1.165) is 25.7 Å². The predicted octanol–water partition coefficient (Wildman–Crippen LogP) is 3.68. The Balaban J connectivity index is 1.64. The highest BCUT2D eigenvalue weighted by molar-refractivity contribution is 6.01. The van der Waals surface area contributed by atoms with Gasteiger partial charge in [0, 0.05) is 11.7 Å². The molecular formula is C24H25N3O4. The Kier molecular flexibility index (Phi) is 7.66. The van der Waals surface area contributed by atoms with E-state index in [4.69, 9.17) is 9.47 Å². The van der Waals surface area contributed by atoms with Gasteiger partial charge < -0.3 is 20.1 Å². The number of benzene rings is 2. The number of methoxy groups -OCH3 is 1. The summed E-state index contributed by atoms with van der Waals surface area (Å²) in [6, 6.07) is 16.2. The molecule has 0 aliphatic heterocycles. The third-order valence-corrected chi connectivity index (χ3v) is 4.97. The molecule has 2 aromatic carbocycles. The minimum absolute atomic E-state index is 0.0323. The Morgan fingerprint density at radius 1 is 1.13 bits per heavy atom. The molecule has 2 amide bonds. The Labute approximate surface area is 181 Å². The normalized spacial score (nSPS) is 13.9. The van der Waals surface area contributed by atoms with Crippen molar-refractivity contribution in [3.8, 4) is 17.6 Å². The number of nitrogens with zero attached hydrogens (tertiary/aromatic N) is 1. The van der Waals surface area contributed by atoms with Gasteiger partial charge in [-0.25, -0.2) is 0 Å². The first-order valence-corrected chi connectivity index (χ1v) is 10.2. The SMILES string of the molecule is COc1cc(/C=C(/C#N)C(=O)NC2CCCC2)ccc1OCC(=O)Nc1ccccc1. The van der Waals surface area contributed by atoms with E-state index in [-0.39, 0.29) is 30.0 Å². The Morgan fingerprint density at radius 3 is 2.55 bits per heavy atom. The van der Waals surface area contributed by atoms with E-state index in [0.29, 0.717) is 22.7 Å². The molecule has 0 unspecified atom stereocenters. The van der Waals surface area contributed by atoms with Crippen LogP contribution in [-0.2, 0) is 9.59 Å². The summed E-state index contributed by atoms with van der Waals surface area (Å²) in [6.45, 7) is -0.187. The lowest BCUT2D eigenvalue weighted by Gasteiger charge is -2.12. The zero-order valence-electron chi connectivity index (χ0n) is 17.4. The minimum atomic E-state index is -0.369. The maximum absolute atomic E-state index is 12.4. The summed E-state index contributed by atoms with van der Waals surface area (Å²) in [6.07, 6.45) is 5.60. The molecule has 0 radical (unpaired) electrons. The third kappa shape index (κ3) is 6.34. The highest BCUT2D eigenvalue weighted by Gasteiger charge is 2.19. The first kappa shape index (κ1) is 21.9. The second kappa shape index (κ2) is 10.8. The number of nitriles is 1. The molecule has 1 aliphatic rings. The fourth-order valence-corrected chi connectivity index (χ4v) is 3.40. The molecule has 7 nitrogen and oxygen atoms in total. The first-order valence-electron chi connectivity index (χ1n) is 10.2. The molecule has 31 heavy (non-hydrogen) atoms. The van der Waals surface area contributed by atoms with Gasteiger partial charge in [0.05, 0.1) is 7.11 Å². The monoisotopic (exact) mass is 419 g/mol. The second-order valence-electron chi connectivity index (χ2n) is 7.24. The van der Waals surface area contributed by atoms with Crippen LogP contribution in [-0.4, -0.2) is 31.6 Å². The highest BCUT2D eigenvalue weighted by Crippen LogP contribution is 2.29. The van der Waals surface area contributed by atoms with Crippen molar-refractivity contribution in [2.75, 3.05) is 19.0 Å². The zero-order chi connectivity index (χ0) is 22.1. The van der Waals surface area contributed by atoms with Crippen molar-refractivity contribution in [1.29, 1.82) is 5.26 Å². The standard InChI is InChI=1S/C24H25N3O4/c1-30-22-14-17(13-18(15-25)24(29)27-20-9-5-6-10-20)11-12-21(22)31-16-23(28)26-19-7-3-2-4-8-19/h2-4,7-8,11-14,20H,5-6,9-10,16H2,1H3,(H,26,28)(H,27,29)/b18-13-. The third-order valence-electron chi connectivity index (χ3n) is 4.97. The van der Waals surface area contributed by atoms with E-state index >= 15 is 0 Å². The van der Waals surface area contributed by atoms with Crippen LogP contribution in [0.2, 0.25) is 0 Å². The summed E-state index contributed by atoms with van der Waals surface area (Å²) in [5, 5.41) is 15.1. The smallest absolute Gasteiger partial charge is 0.262 e. The summed E-state index contributed by atoms with van der Waals surface area (Å²) in [4.78, 5) is 24.5. The number of hydrogen-bond acceptors (Lipinski definition) is 5. The van der Waals surface area contributed by atoms with Crippen LogP contribution < -0.4 is 20.1 Å². The summed E-state index contributed by atoms with van der Waals surface area (Å²) in [5.41, 5.74) is 1.34. The van der Waals surface area contributed by atoms with Crippen molar-refractivity contribution >= 4 is 23.6 Å². The molecule has 2 aromatic rings. The molecule has 1 saturated carbocycles. The van der Waals surface area contributed by atoms with Crippen LogP contribution in [0, 0.1) is 11.3 Å². The number of ether oxygens (including phenoxy) is 2. The van der Waals surface area contributed by atoms with E-state index < -0.39 is 0 Å². The predicted molar refractivity (Wildman–Crippen MR) is 118 cm³/mol. The Bertz CT molecular complexity index is 990. The molecule has 3 rings (SSSR count). The van der Waals surface area contributed by atoms with Gasteiger partial charge in [-0.3, -0.25) is 9.59 Å². The lowest BCUT2D eigenvalue weighted by atomic mass is 10.1. The zero-order valence-corrected chi connectivity index (χ0v) is 17.4. The van der Waals surface area contributed by atoms with Crippen LogP contribution in [0.5, 0.6) is 11.5 Å². The minimum Gasteiger partial charge on any atom is -0.493 e. The molecule has 0 atom stereocenters. The van der Waals surface area contributed by atoms with Crippen LogP contribution in [0.1, 0.15) is 31.2 Å². The number of nitrogens with one attached hydrogen (secondary N) is 2. The average Bonchev–Trinajstić information content (AvgIpc) is 3.30. The maximum atomic E-state index is 12.4. The van der Waals surface area contributed by atoms with Crippen molar-refractivity contribution in [3.63, 3.8) is 0 Å². The van der Waals surface area contributed by atoms with Gasteiger partial charge in [-0.05, 0) is 48.7 Å². The first-order chi connectivity index (χ1) is 15.1. The maximum Gasteiger partial charge on any atom is 0.262 e. The summed E-state index contributed by atoms with van der Waals surface area (Å²) < 4.78 is 10.9. The van der Waals surface area contributed by atoms with Crippen molar-refractivity contribution < 1.29 is 19.1 Å². The Hall–Kier alpha value is -3.79. The van der Waals surface area contributed by atoms with Crippen LogP contribution in [0.4, 0.5) is 5.69 Å². The fraction of sp³-hybridized carbons (Fsp3) is 0.292. The van der Waals surface area contributed by atoms with Gasteiger partial charge in [-0.15, -0.1) is 0 Å². The van der Waals surface area contributed by atoms with Gasteiger partial charge in [-0.2, -0.15) is 5.26 Å². The number of carbonyl (C=O) groups is 2. The molecular weight excluding hydrogens is 394 g/mol. The van der Waals surface area contributed by atoms with Crippen molar-refractivity contribution in [3.05, 3.63) is 59.7 Å². The van der Waals surface area contributed by atoms with Crippen LogP contribution in [0.25, 0.3) is 6.08 Å². The number of anilines is 1. The van der Waals surface area contributed by atoms with E-state index in [2.05, 4.69) is 10.6 Å². The molecule has 0 aromatic heterocycles. The number of hydrogen-bond donors (Lipinski definition) is 2. The molecule has 160 valence electrons. The fourth-order valence-electron chi connectivity index (χ4n) is 3.40. The summed E-state index contributed by atoms with van der Waals surface area (Å²) in [5.74, 6) is 0.116. The van der Waals surface area contributed by atoms with Gasteiger partial charge >= 0.3 is 0 Å². The van der Waals surface area contributed by atoms with Crippen molar-refractivity contribution in [2.45, 2.75) is 31.7 Å². The largest absolute Gasteiger partial charge is 0.493 e. The van der Waals surface area contributed by atoms with Gasteiger partial charge in [-0.1, -0.05) is 37.1 Å². The molecule has 0 bridgehead atoms. The lowest BCUT2D eigenvalue weighted by Crippen LogP contribution is -2.33. The summed E-state index contributed by atoms with van der Waals surface area (Å²) in [7, 11) is 1.48. The quantitative estimate of drug-likeness (QED) is 0.502. The van der Waals surface area contributed by atoms with Gasteiger partial charge in [0.15, 0.2) is 18.1 Å². The molecule has 1 aliphatic carbocycles. The van der Waals surface area contributed by atoms with Crippen LogP contribution >= 0.6 is 0 Å². The molecule has 0 heterocycles. The van der Waals surface area contributed by atoms with Gasteiger partial charge in [0.2, 0.25) is 0 Å². The van der Waals surface area contributed by atoms with Crippen molar-refractivity contribution in [2.24, 2.45) is 0 Å². The van der Waals surface area contributed by atoms with E-state index in [1.807, 2.05) is 24.3 Å². The van der Waals surface area contributed by atoms with E-state index in [9.17, 15) is 14.9 Å². The number of amides is 2. The van der Waals surface area contributed by atoms with Crippen molar-refractivity contribution in [1.82, 2.24) is 5.32 Å². The lowest BCUT2D eigenvalue weighted by molar-refractivity contribution is -0.118. The van der Waals surface area contributed by atoms with Crippen LogP contribution in [0.15, 0.2) is 54.1 Å². The average molecular weight is 419 g/mol. The second-order valence-corrected chi connectivity index (χ2v) is 7.24. The molecule has 7 heteroatoms. The van der Waals surface area contributed by atoms with E-state index in [1.54, 1.807) is 30.3 Å². The van der Waals surface area contributed by atoms with E-state index in [1.165, 1.54) is 13.2 Å². The molecule has 0 spiro atoms.